The molecule has 0 N–H and O–H groups in total. The Morgan fingerprint density at radius 3 is 2.74 bits per heavy atom. The molecule has 0 spiro atoms. The largest absolute Gasteiger partial charge is 0.356 e. The molecule has 0 saturated carbocycles. The molecular weight excluding hydrogens is 471 g/mol. The lowest BCUT2D eigenvalue weighted by atomic mass is 10.1. The van der Waals surface area contributed by atoms with Gasteiger partial charge in [0.2, 0.25) is 10.0 Å². The van der Waals surface area contributed by atoms with Crippen molar-refractivity contribution in [3.63, 3.8) is 0 Å². The van der Waals surface area contributed by atoms with Gasteiger partial charge in [-0.05, 0) is 56.2 Å². The Morgan fingerprint density at radius 1 is 1.11 bits per heavy atom. The first-order valence-electron chi connectivity index (χ1n) is 11.2. The van der Waals surface area contributed by atoms with E-state index < -0.39 is 15.8 Å². The van der Waals surface area contributed by atoms with E-state index in [0.29, 0.717) is 65.1 Å². The van der Waals surface area contributed by atoms with Gasteiger partial charge in [0.15, 0.2) is 17.0 Å². The third kappa shape index (κ3) is 3.58. The van der Waals surface area contributed by atoms with E-state index >= 15 is 0 Å². The molecular formula is C24H21FN6O3S. The molecule has 0 radical (unpaired) electrons. The van der Waals surface area contributed by atoms with Crippen LogP contribution >= 0.6 is 0 Å². The first kappa shape index (κ1) is 21.8. The molecule has 0 amide bonds. The van der Waals surface area contributed by atoms with Crippen LogP contribution in [-0.2, 0) is 10.0 Å². The summed E-state index contributed by atoms with van der Waals surface area (Å²) in [5, 5.41) is 4.59. The van der Waals surface area contributed by atoms with Crippen LogP contribution in [0.25, 0.3) is 33.5 Å². The lowest BCUT2D eigenvalue weighted by molar-refractivity contribution is 0.278. The van der Waals surface area contributed by atoms with Gasteiger partial charge < -0.3 is 9.09 Å². The number of hydrogen-bond acceptors (Lipinski definition) is 7. The molecule has 0 unspecified atom stereocenters. The summed E-state index contributed by atoms with van der Waals surface area (Å²) >= 11 is 0. The Labute approximate surface area is 200 Å². The van der Waals surface area contributed by atoms with Crippen molar-refractivity contribution in [3.05, 3.63) is 66.5 Å². The van der Waals surface area contributed by atoms with Gasteiger partial charge in [0.05, 0.1) is 22.3 Å². The van der Waals surface area contributed by atoms with Crippen molar-refractivity contribution in [3.8, 4) is 11.4 Å². The minimum atomic E-state index is -3.70. The Kier molecular flexibility index (Phi) is 5.11. The fraction of sp³-hybridized carbons (Fsp3) is 0.250. The average Bonchev–Trinajstić information content (AvgIpc) is 3.45. The van der Waals surface area contributed by atoms with Crippen molar-refractivity contribution >= 4 is 32.2 Å². The Bertz CT molecular complexity index is 1670. The minimum Gasteiger partial charge on any atom is -0.356 e. The zero-order chi connectivity index (χ0) is 24.2. The van der Waals surface area contributed by atoms with Crippen LogP contribution in [0, 0.1) is 12.7 Å². The quantitative estimate of drug-likeness (QED) is 0.372. The maximum Gasteiger partial charge on any atom is 0.243 e. The van der Waals surface area contributed by atoms with Crippen molar-refractivity contribution < 1.29 is 17.3 Å². The van der Waals surface area contributed by atoms with Crippen LogP contribution in [0.2, 0.25) is 0 Å². The van der Waals surface area contributed by atoms with Crippen LogP contribution in [0.4, 0.5) is 4.39 Å². The SMILES string of the molecule is Cc1noc2ccc(S(=O)(=O)N3CCC(n4c(-c5ccncc5F)nc5cccnc54)CC3)cc12. The highest BCUT2D eigenvalue weighted by molar-refractivity contribution is 7.89. The van der Waals surface area contributed by atoms with Gasteiger partial charge in [0, 0.05) is 36.9 Å². The summed E-state index contributed by atoms with van der Waals surface area (Å²) in [6.07, 6.45) is 5.44. The predicted molar refractivity (Wildman–Crippen MR) is 126 cm³/mol. The Balaban J connectivity index is 1.32. The second-order valence-electron chi connectivity index (χ2n) is 8.57. The van der Waals surface area contributed by atoms with E-state index in [4.69, 9.17) is 4.52 Å². The summed E-state index contributed by atoms with van der Waals surface area (Å²) in [6.45, 7) is 2.41. The number of imidazole rings is 1. The fourth-order valence-corrected chi connectivity index (χ4v) is 6.21. The lowest BCUT2D eigenvalue weighted by Gasteiger charge is -2.32. The summed E-state index contributed by atoms with van der Waals surface area (Å²) in [5.74, 6) is -0.00298. The monoisotopic (exact) mass is 492 g/mol. The summed E-state index contributed by atoms with van der Waals surface area (Å²) in [4.78, 5) is 13.2. The van der Waals surface area contributed by atoms with Gasteiger partial charge in [-0.15, -0.1) is 0 Å². The second-order valence-corrected chi connectivity index (χ2v) is 10.5. The lowest BCUT2D eigenvalue weighted by Crippen LogP contribution is -2.39. The number of aromatic nitrogens is 5. The third-order valence-electron chi connectivity index (χ3n) is 6.51. The number of sulfonamides is 1. The number of rotatable bonds is 4. The topological polar surface area (TPSA) is 107 Å². The van der Waals surface area contributed by atoms with Gasteiger partial charge >= 0.3 is 0 Å². The molecule has 35 heavy (non-hydrogen) atoms. The standard InChI is InChI=1S/C24H21FN6O3S/c1-15-19-13-17(4-5-22(19)34-29-15)35(32,33)30-11-7-16(8-12-30)31-23(18-6-10-26-14-20(18)25)28-21-3-2-9-27-24(21)31/h2-6,9-10,13-14,16H,7-8,11-12H2,1H3. The Hall–Kier alpha value is -3.70. The average molecular weight is 493 g/mol. The van der Waals surface area contributed by atoms with E-state index in [1.807, 2.05) is 10.6 Å². The molecule has 1 saturated heterocycles. The first-order chi connectivity index (χ1) is 16.9. The molecule has 11 heteroatoms. The molecule has 0 atom stereocenters. The second kappa shape index (κ2) is 8.21. The zero-order valence-electron chi connectivity index (χ0n) is 18.8. The van der Waals surface area contributed by atoms with E-state index in [9.17, 15) is 12.8 Å². The Morgan fingerprint density at radius 2 is 1.94 bits per heavy atom. The molecule has 1 fully saturated rings. The molecule has 0 aliphatic carbocycles. The highest BCUT2D eigenvalue weighted by atomic mass is 32.2. The third-order valence-corrected chi connectivity index (χ3v) is 8.40. The van der Waals surface area contributed by atoms with Crippen molar-refractivity contribution in [2.75, 3.05) is 13.1 Å². The van der Waals surface area contributed by atoms with Gasteiger partial charge in [0.25, 0.3) is 0 Å². The van der Waals surface area contributed by atoms with Gasteiger partial charge in [0.1, 0.15) is 11.3 Å². The minimum absolute atomic E-state index is 0.0910. The van der Waals surface area contributed by atoms with E-state index in [-0.39, 0.29) is 10.9 Å². The highest BCUT2D eigenvalue weighted by Gasteiger charge is 2.32. The van der Waals surface area contributed by atoms with Crippen LogP contribution in [0.15, 0.2) is 64.4 Å². The molecule has 5 aromatic rings. The van der Waals surface area contributed by atoms with Crippen molar-refractivity contribution in [2.45, 2.75) is 30.7 Å². The van der Waals surface area contributed by atoms with Crippen LogP contribution in [0.5, 0.6) is 0 Å². The summed E-state index contributed by atoms with van der Waals surface area (Å²) in [5.41, 5.74) is 2.84. The van der Waals surface area contributed by atoms with Crippen molar-refractivity contribution in [1.82, 2.24) is 29.0 Å². The maximum atomic E-state index is 14.6. The molecule has 6 rings (SSSR count). The molecule has 1 aliphatic heterocycles. The zero-order valence-corrected chi connectivity index (χ0v) is 19.6. The van der Waals surface area contributed by atoms with Gasteiger partial charge in [-0.3, -0.25) is 4.98 Å². The van der Waals surface area contributed by atoms with Crippen molar-refractivity contribution in [2.24, 2.45) is 0 Å². The number of fused-ring (bicyclic) bond motifs is 2. The van der Waals surface area contributed by atoms with Crippen molar-refractivity contribution in [1.29, 1.82) is 0 Å². The van der Waals surface area contributed by atoms with E-state index in [2.05, 4.69) is 20.1 Å². The molecule has 9 nitrogen and oxygen atoms in total. The molecule has 0 bridgehead atoms. The van der Waals surface area contributed by atoms with Crippen LogP contribution in [0.3, 0.4) is 0 Å². The number of pyridine rings is 2. The molecule has 4 aromatic heterocycles. The molecule has 5 heterocycles. The first-order valence-corrected chi connectivity index (χ1v) is 12.7. The smallest absolute Gasteiger partial charge is 0.243 e. The van der Waals surface area contributed by atoms with Crippen LogP contribution < -0.4 is 0 Å². The predicted octanol–water partition coefficient (Wildman–Crippen LogP) is 4.11. The number of benzene rings is 1. The van der Waals surface area contributed by atoms with E-state index in [1.165, 1.54) is 10.5 Å². The highest BCUT2D eigenvalue weighted by Crippen LogP contribution is 2.35. The summed E-state index contributed by atoms with van der Waals surface area (Å²) < 4.78 is 50.0. The van der Waals surface area contributed by atoms with Crippen LogP contribution in [-0.4, -0.2) is 50.5 Å². The normalized spacial score (nSPS) is 15.8. The van der Waals surface area contributed by atoms with E-state index in [0.717, 1.165) is 6.20 Å². The van der Waals surface area contributed by atoms with E-state index in [1.54, 1.807) is 43.5 Å². The van der Waals surface area contributed by atoms with Crippen LogP contribution in [0.1, 0.15) is 24.6 Å². The number of piperidine rings is 1. The van der Waals surface area contributed by atoms with Gasteiger partial charge in [-0.2, -0.15) is 4.31 Å². The molecule has 178 valence electrons. The molecule has 1 aliphatic rings. The number of halogens is 1. The summed E-state index contributed by atoms with van der Waals surface area (Å²) in [6, 6.07) is 9.92. The fourth-order valence-electron chi connectivity index (χ4n) is 4.71. The maximum absolute atomic E-state index is 14.6. The molecule has 1 aromatic carbocycles. The van der Waals surface area contributed by atoms with Gasteiger partial charge in [-0.25, -0.2) is 22.8 Å². The number of hydrogen-bond donors (Lipinski definition) is 0. The summed E-state index contributed by atoms with van der Waals surface area (Å²) in [7, 11) is -3.70. The number of aryl methyl sites for hydroxylation is 1. The number of nitrogens with zero attached hydrogens (tertiary/aromatic N) is 6. The van der Waals surface area contributed by atoms with Gasteiger partial charge in [-0.1, -0.05) is 5.16 Å².